The number of nitro groups is 1. The molecule has 7 nitrogen and oxygen atoms in total. The molecule has 0 radical (unpaired) electrons. The van der Waals surface area contributed by atoms with Crippen LogP contribution in [-0.2, 0) is 22.6 Å². The van der Waals surface area contributed by atoms with Crippen LogP contribution in [0.2, 0.25) is 0 Å². The molecule has 0 fully saturated rings. The van der Waals surface area contributed by atoms with Crippen LogP contribution in [0.25, 0.3) is 0 Å². The molecule has 0 heterocycles. The number of benzene rings is 2. The van der Waals surface area contributed by atoms with E-state index in [4.69, 9.17) is 0 Å². The second-order valence-electron chi connectivity index (χ2n) is 8.13. The van der Waals surface area contributed by atoms with Crippen LogP contribution in [0.15, 0.2) is 48.5 Å². The van der Waals surface area contributed by atoms with Gasteiger partial charge in [0.05, 0.1) is 11.3 Å². The predicted octanol–water partition coefficient (Wildman–Crippen LogP) is 4.03. The molecule has 0 spiro atoms. The fourth-order valence-corrected chi connectivity index (χ4v) is 3.34. The van der Waals surface area contributed by atoms with Gasteiger partial charge in [0.15, 0.2) is 0 Å². The first-order valence-corrected chi connectivity index (χ1v) is 10.6. The second-order valence-corrected chi connectivity index (χ2v) is 8.13. The van der Waals surface area contributed by atoms with Gasteiger partial charge in [-0.3, -0.25) is 19.7 Å². The monoisotopic (exact) mass is 425 g/mol. The normalized spacial score (nSPS) is 11.8. The number of rotatable bonds is 10. The molecule has 2 amide bonds. The van der Waals surface area contributed by atoms with Crippen LogP contribution in [0, 0.1) is 23.0 Å². The van der Waals surface area contributed by atoms with Gasteiger partial charge in [0, 0.05) is 24.7 Å². The average molecular weight is 426 g/mol. The molecule has 1 atom stereocenters. The Kier molecular flexibility index (Phi) is 8.73. The third-order valence-electron chi connectivity index (χ3n) is 5.07. The van der Waals surface area contributed by atoms with Gasteiger partial charge in [0.25, 0.3) is 5.69 Å². The van der Waals surface area contributed by atoms with Crippen molar-refractivity contribution in [3.8, 4) is 0 Å². The van der Waals surface area contributed by atoms with Crippen molar-refractivity contribution in [2.24, 2.45) is 5.92 Å². The van der Waals surface area contributed by atoms with Crippen molar-refractivity contribution in [2.45, 2.75) is 53.1 Å². The fourth-order valence-electron chi connectivity index (χ4n) is 3.34. The lowest BCUT2D eigenvalue weighted by atomic mass is 10.0. The van der Waals surface area contributed by atoms with Gasteiger partial charge in [0.1, 0.15) is 6.04 Å². The highest BCUT2D eigenvalue weighted by molar-refractivity contribution is 5.88. The van der Waals surface area contributed by atoms with Gasteiger partial charge in [-0.2, -0.15) is 0 Å². The van der Waals surface area contributed by atoms with E-state index < -0.39 is 11.0 Å². The number of aryl methyl sites for hydroxylation is 1. The van der Waals surface area contributed by atoms with E-state index in [0.717, 1.165) is 11.1 Å². The highest BCUT2D eigenvalue weighted by atomic mass is 16.6. The molecular formula is C24H31N3O4. The number of carbonyl (C=O) groups is 2. The molecule has 1 N–H and O–H groups in total. The van der Waals surface area contributed by atoms with E-state index in [1.165, 1.54) is 11.0 Å². The number of carbonyl (C=O) groups excluding carboxylic acids is 2. The Morgan fingerprint density at radius 1 is 1.10 bits per heavy atom. The standard InChI is InChI=1S/C24H31N3O4/c1-5-21(24(29)25-15-17(2)3)26(16-19-12-10-18(4)11-13-19)23(28)14-20-8-6-7-9-22(20)27(30)31/h6-13,17,21H,5,14-16H2,1-4H3,(H,25,29)/t21-/m0/s1. The molecule has 0 aliphatic rings. The number of para-hydroxylation sites is 1. The van der Waals surface area contributed by atoms with Crippen molar-refractivity contribution in [2.75, 3.05) is 6.54 Å². The minimum Gasteiger partial charge on any atom is -0.354 e. The Morgan fingerprint density at radius 2 is 1.74 bits per heavy atom. The van der Waals surface area contributed by atoms with Crippen LogP contribution >= 0.6 is 0 Å². The van der Waals surface area contributed by atoms with E-state index in [2.05, 4.69) is 5.32 Å². The van der Waals surface area contributed by atoms with Crippen molar-refractivity contribution in [3.05, 3.63) is 75.3 Å². The van der Waals surface area contributed by atoms with Crippen LogP contribution in [0.1, 0.15) is 43.9 Å². The van der Waals surface area contributed by atoms with Crippen molar-refractivity contribution in [1.82, 2.24) is 10.2 Å². The minimum atomic E-state index is -0.657. The van der Waals surface area contributed by atoms with E-state index in [1.807, 2.05) is 52.0 Å². The Balaban J connectivity index is 2.33. The Bertz CT molecular complexity index is 909. The maximum Gasteiger partial charge on any atom is 0.273 e. The first-order chi connectivity index (χ1) is 14.7. The Morgan fingerprint density at radius 3 is 2.32 bits per heavy atom. The number of hydrogen-bond donors (Lipinski definition) is 1. The van der Waals surface area contributed by atoms with Crippen molar-refractivity contribution >= 4 is 17.5 Å². The highest BCUT2D eigenvalue weighted by Gasteiger charge is 2.30. The first kappa shape index (κ1) is 24.1. The SMILES string of the molecule is CC[C@@H](C(=O)NCC(C)C)N(Cc1ccc(C)cc1)C(=O)Cc1ccccc1[N+](=O)[O-]. The molecule has 0 aromatic heterocycles. The largest absolute Gasteiger partial charge is 0.354 e. The van der Waals surface area contributed by atoms with Gasteiger partial charge in [-0.15, -0.1) is 0 Å². The van der Waals surface area contributed by atoms with Crippen LogP contribution in [0.5, 0.6) is 0 Å². The van der Waals surface area contributed by atoms with Gasteiger partial charge in [0.2, 0.25) is 11.8 Å². The van der Waals surface area contributed by atoms with Gasteiger partial charge < -0.3 is 10.2 Å². The Hall–Kier alpha value is -3.22. The lowest BCUT2D eigenvalue weighted by molar-refractivity contribution is -0.385. The average Bonchev–Trinajstić information content (AvgIpc) is 2.73. The van der Waals surface area contributed by atoms with Crippen LogP contribution in [-0.4, -0.2) is 34.2 Å². The van der Waals surface area contributed by atoms with Gasteiger partial charge >= 0.3 is 0 Å². The summed E-state index contributed by atoms with van der Waals surface area (Å²) in [4.78, 5) is 38.6. The molecule has 0 aliphatic heterocycles. The predicted molar refractivity (Wildman–Crippen MR) is 120 cm³/mol. The number of nitrogens with one attached hydrogen (secondary N) is 1. The molecule has 2 rings (SSSR count). The van der Waals surface area contributed by atoms with Crippen molar-refractivity contribution in [1.29, 1.82) is 0 Å². The summed E-state index contributed by atoms with van der Waals surface area (Å²) in [7, 11) is 0. The molecule has 0 aliphatic carbocycles. The summed E-state index contributed by atoms with van der Waals surface area (Å²) in [5.41, 5.74) is 2.24. The van der Waals surface area contributed by atoms with Crippen molar-refractivity contribution in [3.63, 3.8) is 0 Å². The number of hydrogen-bond acceptors (Lipinski definition) is 4. The molecule has 2 aromatic rings. The van der Waals surface area contributed by atoms with Gasteiger partial charge in [-0.05, 0) is 24.8 Å². The molecule has 31 heavy (non-hydrogen) atoms. The van der Waals surface area contributed by atoms with Crippen LogP contribution in [0.3, 0.4) is 0 Å². The summed E-state index contributed by atoms with van der Waals surface area (Å²) < 4.78 is 0. The number of amides is 2. The molecule has 166 valence electrons. The smallest absolute Gasteiger partial charge is 0.273 e. The summed E-state index contributed by atoms with van der Waals surface area (Å²) in [6, 6.07) is 13.3. The molecule has 0 saturated heterocycles. The van der Waals surface area contributed by atoms with Gasteiger partial charge in [-0.1, -0.05) is 68.8 Å². The molecule has 7 heteroatoms. The molecule has 0 unspecified atom stereocenters. The van der Waals surface area contributed by atoms with E-state index in [1.54, 1.807) is 18.2 Å². The summed E-state index contributed by atoms with van der Waals surface area (Å²) in [6.07, 6.45) is 0.301. The van der Waals surface area contributed by atoms with Crippen LogP contribution < -0.4 is 5.32 Å². The summed E-state index contributed by atoms with van der Waals surface area (Å²) >= 11 is 0. The first-order valence-electron chi connectivity index (χ1n) is 10.6. The molecule has 0 saturated carbocycles. The number of nitro benzene ring substituents is 1. The van der Waals surface area contributed by atoms with Crippen molar-refractivity contribution < 1.29 is 14.5 Å². The van der Waals surface area contributed by atoms with Crippen LogP contribution in [0.4, 0.5) is 5.69 Å². The molecule has 0 bridgehead atoms. The maximum atomic E-state index is 13.3. The lowest BCUT2D eigenvalue weighted by Gasteiger charge is -2.31. The fraction of sp³-hybridized carbons (Fsp3) is 0.417. The molecule has 2 aromatic carbocycles. The third kappa shape index (κ3) is 6.91. The molecular weight excluding hydrogens is 394 g/mol. The van der Waals surface area contributed by atoms with E-state index in [0.29, 0.717) is 18.5 Å². The topological polar surface area (TPSA) is 92.6 Å². The lowest BCUT2D eigenvalue weighted by Crippen LogP contribution is -2.50. The highest BCUT2D eigenvalue weighted by Crippen LogP contribution is 2.21. The van der Waals surface area contributed by atoms with Gasteiger partial charge in [-0.25, -0.2) is 0 Å². The maximum absolute atomic E-state index is 13.3. The Labute approximate surface area is 183 Å². The van der Waals surface area contributed by atoms with E-state index in [9.17, 15) is 19.7 Å². The number of nitrogens with zero attached hydrogens (tertiary/aromatic N) is 2. The second kappa shape index (κ2) is 11.2. The van der Waals surface area contributed by atoms with E-state index >= 15 is 0 Å². The summed E-state index contributed by atoms with van der Waals surface area (Å²) in [6.45, 7) is 8.63. The zero-order valence-corrected chi connectivity index (χ0v) is 18.6. The minimum absolute atomic E-state index is 0.0940. The third-order valence-corrected chi connectivity index (χ3v) is 5.07. The summed E-state index contributed by atoms with van der Waals surface area (Å²) in [5.74, 6) is -0.240. The quantitative estimate of drug-likeness (QED) is 0.459. The zero-order chi connectivity index (χ0) is 23.0. The van der Waals surface area contributed by atoms with E-state index in [-0.39, 0.29) is 36.4 Å². The zero-order valence-electron chi connectivity index (χ0n) is 18.6. The summed E-state index contributed by atoms with van der Waals surface area (Å²) in [5, 5.41) is 14.3.